The Morgan fingerprint density at radius 3 is 2.64 bits per heavy atom. The second-order valence-electron chi connectivity index (χ2n) is 3.91. The molecule has 5 heteroatoms. The van der Waals surface area contributed by atoms with Crippen LogP contribution >= 0.6 is 11.8 Å². The van der Waals surface area contributed by atoms with Gasteiger partial charge in [-0.3, -0.25) is 5.41 Å². The summed E-state index contributed by atoms with van der Waals surface area (Å²) in [4.78, 5) is 0. The van der Waals surface area contributed by atoms with Gasteiger partial charge in [-0.05, 0) is 6.07 Å². The quantitative estimate of drug-likeness (QED) is 0.442. The summed E-state index contributed by atoms with van der Waals surface area (Å²) in [6.45, 7) is 6.29. The highest BCUT2D eigenvalue weighted by Crippen LogP contribution is 2.29. The van der Waals surface area contributed by atoms with Gasteiger partial charge in [-0.1, -0.05) is 32.5 Å². The predicted molar refractivity (Wildman–Crippen MR) is 58.7 cm³/mol. The number of nitrogen functional groups attached to an aromatic ring is 1. The third-order valence-electron chi connectivity index (χ3n) is 1.35. The Kier molecular flexibility index (Phi) is 3.10. The maximum absolute atomic E-state index is 7.26. The number of rotatable bonds is 2. The van der Waals surface area contributed by atoms with Crippen LogP contribution in [0.25, 0.3) is 0 Å². The van der Waals surface area contributed by atoms with E-state index < -0.39 is 0 Å². The van der Waals surface area contributed by atoms with Crippen LogP contribution in [0.3, 0.4) is 0 Å². The molecule has 0 aliphatic carbocycles. The molecule has 0 aliphatic rings. The lowest BCUT2D eigenvalue weighted by atomic mass is 10.3. The van der Waals surface area contributed by atoms with Crippen molar-refractivity contribution in [2.45, 2.75) is 30.5 Å². The zero-order valence-corrected chi connectivity index (χ0v) is 9.35. The summed E-state index contributed by atoms with van der Waals surface area (Å²) in [6, 6.07) is 1.78. The molecule has 0 radical (unpaired) electrons. The topological polar surface area (TPSA) is 75.7 Å². The van der Waals surface area contributed by atoms with E-state index in [-0.39, 0.29) is 10.6 Å². The first-order valence-corrected chi connectivity index (χ1v) is 5.06. The van der Waals surface area contributed by atoms with Gasteiger partial charge in [0.05, 0.1) is 6.20 Å². The molecule has 0 bridgehead atoms. The predicted octanol–water partition coefficient (Wildman–Crippen LogP) is 1.65. The maximum Gasteiger partial charge on any atom is 0.124 e. The minimum atomic E-state index is 0.0238. The average molecular weight is 210 g/mol. The molecule has 0 fully saturated rings. The molecule has 0 aliphatic heterocycles. The Balaban J connectivity index is 2.89. The first-order chi connectivity index (χ1) is 6.38. The largest absolute Gasteiger partial charge is 0.384 e. The molecule has 0 saturated heterocycles. The van der Waals surface area contributed by atoms with Crippen molar-refractivity contribution in [3.63, 3.8) is 0 Å². The summed E-state index contributed by atoms with van der Waals surface area (Å²) in [5.74, 6) is 0.0238. The number of amidine groups is 1. The molecule has 0 aromatic carbocycles. The molecule has 0 atom stereocenters. The van der Waals surface area contributed by atoms with Crippen LogP contribution in [0.5, 0.6) is 0 Å². The zero-order valence-electron chi connectivity index (χ0n) is 8.53. The highest BCUT2D eigenvalue weighted by atomic mass is 32.2. The molecule has 1 rings (SSSR count). The van der Waals surface area contributed by atoms with Crippen molar-refractivity contribution < 1.29 is 0 Å². The molecule has 0 spiro atoms. The third-order valence-corrected chi connectivity index (χ3v) is 2.37. The van der Waals surface area contributed by atoms with E-state index in [1.165, 1.54) is 6.20 Å². The number of thioether (sulfide) groups is 1. The van der Waals surface area contributed by atoms with Crippen LogP contribution in [0.4, 0.5) is 0 Å². The lowest BCUT2D eigenvalue weighted by Gasteiger charge is -2.16. The fourth-order valence-corrected chi connectivity index (χ4v) is 1.76. The molecule has 0 saturated carbocycles. The van der Waals surface area contributed by atoms with Gasteiger partial charge in [0.1, 0.15) is 10.9 Å². The van der Waals surface area contributed by atoms with Gasteiger partial charge >= 0.3 is 0 Å². The van der Waals surface area contributed by atoms with Crippen molar-refractivity contribution in [2.24, 2.45) is 5.73 Å². The van der Waals surface area contributed by atoms with E-state index >= 15 is 0 Å². The van der Waals surface area contributed by atoms with Crippen molar-refractivity contribution >= 4 is 17.6 Å². The van der Waals surface area contributed by atoms with E-state index in [9.17, 15) is 0 Å². The molecule has 1 heterocycles. The fourth-order valence-electron chi connectivity index (χ4n) is 0.858. The smallest absolute Gasteiger partial charge is 0.124 e. The lowest BCUT2D eigenvalue weighted by Crippen LogP contribution is -2.13. The van der Waals surface area contributed by atoms with E-state index in [0.29, 0.717) is 5.56 Å². The second-order valence-corrected chi connectivity index (χ2v) is 5.76. The van der Waals surface area contributed by atoms with E-state index in [0.717, 1.165) is 5.03 Å². The normalized spacial score (nSPS) is 11.4. The number of nitrogens with zero attached hydrogens (tertiary/aromatic N) is 2. The molecule has 4 nitrogen and oxygen atoms in total. The molecule has 1 aromatic heterocycles. The van der Waals surface area contributed by atoms with Crippen LogP contribution in [-0.2, 0) is 0 Å². The van der Waals surface area contributed by atoms with Crippen LogP contribution in [0, 0.1) is 5.41 Å². The third kappa shape index (κ3) is 3.33. The number of nitrogens with two attached hydrogens (primary N) is 1. The Morgan fingerprint density at radius 2 is 2.14 bits per heavy atom. The van der Waals surface area contributed by atoms with E-state index in [1.54, 1.807) is 17.8 Å². The molecule has 76 valence electrons. The van der Waals surface area contributed by atoms with E-state index in [2.05, 4.69) is 31.0 Å². The van der Waals surface area contributed by atoms with Crippen molar-refractivity contribution in [3.05, 3.63) is 17.8 Å². The van der Waals surface area contributed by atoms with Gasteiger partial charge in [0.15, 0.2) is 0 Å². The van der Waals surface area contributed by atoms with Crippen LogP contribution in [0.1, 0.15) is 26.3 Å². The van der Waals surface area contributed by atoms with Crippen molar-refractivity contribution in [1.29, 1.82) is 5.41 Å². The average Bonchev–Trinajstić information content (AvgIpc) is 2.01. The van der Waals surface area contributed by atoms with Crippen molar-refractivity contribution in [2.75, 3.05) is 0 Å². The van der Waals surface area contributed by atoms with Crippen LogP contribution in [0.15, 0.2) is 17.3 Å². The Hall–Kier alpha value is -1.10. The van der Waals surface area contributed by atoms with Crippen LogP contribution in [-0.4, -0.2) is 20.8 Å². The molecule has 1 aromatic rings. The first kappa shape index (κ1) is 11.0. The minimum Gasteiger partial charge on any atom is -0.384 e. The summed E-state index contributed by atoms with van der Waals surface area (Å²) < 4.78 is 0.0874. The summed E-state index contributed by atoms with van der Waals surface area (Å²) >= 11 is 1.61. The van der Waals surface area contributed by atoms with Gasteiger partial charge in [-0.25, -0.2) is 0 Å². The second kappa shape index (κ2) is 3.96. The minimum absolute atomic E-state index is 0.0238. The van der Waals surface area contributed by atoms with Gasteiger partial charge in [0, 0.05) is 10.3 Å². The van der Waals surface area contributed by atoms with Gasteiger partial charge < -0.3 is 5.73 Å². The molecule has 3 N–H and O–H groups in total. The number of hydrogen-bond acceptors (Lipinski definition) is 4. The van der Waals surface area contributed by atoms with Gasteiger partial charge in [0.2, 0.25) is 0 Å². The lowest BCUT2D eigenvalue weighted by molar-refractivity contribution is 0.793. The molecular weight excluding hydrogens is 196 g/mol. The molecular formula is C9H14N4S. The van der Waals surface area contributed by atoms with Gasteiger partial charge in [0.25, 0.3) is 0 Å². The van der Waals surface area contributed by atoms with E-state index in [4.69, 9.17) is 11.1 Å². The summed E-state index contributed by atoms with van der Waals surface area (Å²) in [5.41, 5.74) is 5.97. The summed E-state index contributed by atoms with van der Waals surface area (Å²) in [5, 5.41) is 15.8. The highest BCUT2D eigenvalue weighted by molar-refractivity contribution is 8.00. The van der Waals surface area contributed by atoms with E-state index in [1.807, 2.05) is 0 Å². The molecule has 0 amide bonds. The summed E-state index contributed by atoms with van der Waals surface area (Å²) in [6.07, 6.45) is 1.50. The standard InChI is InChI=1S/C9H14N4S/c1-9(2,3)14-7-4-6(8(10)11)5-12-13-7/h4-5H,1-3H3,(H3,10,11). The Labute approximate surface area is 87.8 Å². The summed E-state index contributed by atoms with van der Waals surface area (Å²) in [7, 11) is 0. The van der Waals surface area contributed by atoms with Crippen molar-refractivity contribution in [3.8, 4) is 0 Å². The van der Waals surface area contributed by atoms with Crippen LogP contribution in [0.2, 0.25) is 0 Å². The fraction of sp³-hybridized carbons (Fsp3) is 0.444. The number of nitrogens with one attached hydrogen (secondary N) is 1. The SMILES string of the molecule is CC(C)(C)Sc1cc(C(=N)N)cnn1. The Morgan fingerprint density at radius 1 is 1.50 bits per heavy atom. The number of aromatic nitrogens is 2. The number of hydrogen-bond donors (Lipinski definition) is 2. The maximum atomic E-state index is 7.26. The monoisotopic (exact) mass is 210 g/mol. The van der Waals surface area contributed by atoms with Crippen LogP contribution < -0.4 is 5.73 Å². The zero-order chi connectivity index (χ0) is 10.8. The van der Waals surface area contributed by atoms with Crippen molar-refractivity contribution in [1.82, 2.24) is 10.2 Å². The molecule has 14 heavy (non-hydrogen) atoms. The van der Waals surface area contributed by atoms with Gasteiger partial charge in [-0.15, -0.1) is 5.10 Å². The first-order valence-electron chi connectivity index (χ1n) is 4.24. The Bertz CT molecular complexity index is 343. The van der Waals surface area contributed by atoms with Gasteiger partial charge in [-0.2, -0.15) is 5.10 Å². The molecule has 0 unspecified atom stereocenters. The highest BCUT2D eigenvalue weighted by Gasteiger charge is 2.13.